The molecule has 6 heteroatoms. The molecule has 3 N–H and O–H groups in total. The van der Waals surface area contributed by atoms with Gasteiger partial charge >= 0.3 is 0 Å². The van der Waals surface area contributed by atoms with Crippen LogP contribution in [0, 0.1) is 12.8 Å². The molecular weight excluding hydrogens is 335 g/mol. The van der Waals surface area contributed by atoms with Crippen molar-refractivity contribution in [1.29, 1.82) is 0 Å². The van der Waals surface area contributed by atoms with Gasteiger partial charge in [-0.15, -0.1) is 35.3 Å². The highest BCUT2D eigenvalue weighted by atomic mass is 127. The Morgan fingerprint density at radius 3 is 2.81 bits per heavy atom. The highest BCUT2D eigenvalue weighted by molar-refractivity contribution is 14.0. The largest absolute Gasteiger partial charge is 0.370 e. The zero-order valence-corrected chi connectivity index (χ0v) is 13.0. The molecule has 0 aromatic carbocycles. The number of halogens is 1. The van der Waals surface area contributed by atoms with E-state index in [-0.39, 0.29) is 24.0 Å². The van der Waals surface area contributed by atoms with E-state index in [0.717, 1.165) is 16.4 Å². The number of nitrogens with zero attached hydrogens (tertiary/aromatic N) is 2. The van der Waals surface area contributed by atoms with Crippen LogP contribution in [0.15, 0.2) is 11.2 Å². The van der Waals surface area contributed by atoms with Gasteiger partial charge in [0.15, 0.2) is 5.96 Å². The maximum atomic E-state index is 5.70. The summed E-state index contributed by atoms with van der Waals surface area (Å²) in [5.41, 5.74) is 5.70. The summed E-state index contributed by atoms with van der Waals surface area (Å²) in [5.74, 6) is 1.08. The Kier molecular flexibility index (Phi) is 7.65. The summed E-state index contributed by atoms with van der Waals surface area (Å²) < 4.78 is 0. The lowest BCUT2D eigenvalue weighted by Gasteiger charge is -2.07. The minimum absolute atomic E-state index is 0. The van der Waals surface area contributed by atoms with E-state index in [1.165, 1.54) is 0 Å². The number of thiazole rings is 1. The average Bonchev–Trinajstić information content (AvgIpc) is 2.58. The van der Waals surface area contributed by atoms with E-state index in [1.807, 2.05) is 13.1 Å². The Hall–Kier alpha value is -0.370. The molecular formula is C10H19IN4S. The predicted octanol–water partition coefficient (Wildman–Crippen LogP) is 2.13. The lowest BCUT2D eigenvalue weighted by molar-refractivity contribution is 0.622. The molecule has 0 aliphatic heterocycles. The molecule has 0 amide bonds. The normalized spacial score (nSPS) is 11.4. The fourth-order valence-corrected chi connectivity index (χ4v) is 1.73. The number of aliphatic imine (C=N–C) groups is 1. The van der Waals surface area contributed by atoms with Crippen LogP contribution in [-0.4, -0.2) is 17.5 Å². The Bertz CT molecular complexity index is 335. The summed E-state index contributed by atoms with van der Waals surface area (Å²) in [6.45, 7) is 7.72. The molecule has 1 aromatic heterocycles. The van der Waals surface area contributed by atoms with Crippen molar-refractivity contribution < 1.29 is 0 Å². The van der Waals surface area contributed by atoms with Crippen molar-refractivity contribution >= 4 is 41.3 Å². The summed E-state index contributed by atoms with van der Waals surface area (Å²) in [6.07, 6.45) is 1.85. The Labute approximate surface area is 118 Å². The van der Waals surface area contributed by atoms with Gasteiger partial charge < -0.3 is 11.1 Å². The third kappa shape index (κ3) is 6.26. The van der Waals surface area contributed by atoms with Crippen LogP contribution < -0.4 is 11.1 Å². The third-order valence-electron chi connectivity index (χ3n) is 1.77. The van der Waals surface area contributed by atoms with Crippen LogP contribution in [-0.2, 0) is 6.54 Å². The predicted molar refractivity (Wildman–Crippen MR) is 80.4 cm³/mol. The Morgan fingerprint density at radius 1 is 1.62 bits per heavy atom. The van der Waals surface area contributed by atoms with Gasteiger partial charge in [0.2, 0.25) is 0 Å². The van der Waals surface area contributed by atoms with Crippen LogP contribution in [0.2, 0.25) is 0 Å². The number of aryl methyl sites for hydroxylation is 1. The quantitative estimate of drug-likeness (QED) is 0.495. The molecule has 0 radical (unpaired) electrons. The van der Waals surface area contributed by atoms with Gasteiger partial charge in [0, 0.05) is 17.6 Å². The molecule has 0 saturated heterocycles. The molecule has 0 unspecified atom stereocenters. The minimum Gasteiger partial charge on any atom is -0.370 e. The molecule has 0 aliphatic carbocycles. The van der Waals surface area contributed by atoms with Gasteiger partial charge in [0.25, 0.3) is 0 Å². The van der Waals surface area contributed by atoms with E-state index in [9.17, 15) is 0 Å². The molecule has 16 heavy (non-hydrogen) atoms. The maximum Gasteiger partial charge on any atom is 0.188 e. The van der Waals surface area contributed by atoms with Crippen molar-refractivity contribution in [3.8, 4) is 0 Å². The first-order chi connectivity index (χ1) is 7.08. The van der Waals surface area contributed by atoms with E-state index < -0.39 is 0 Å². The van der Waals surface area contributed by atoms with Crippen LogP contribution in [0.5, 0.6) is 0 Å². The van der Waals surface area contributed by atoms with E-state index in [2.05, 4.69) is 29.1 Å². The van der Waals surface area contributed by atoms with Gasteiger partial charge in [-0.2, -0.15) is 0 Å². The van der Waals surface area contributed by atoms with E-state index >= 15 is 0 Å². The number of guanidine groups is 1. The lowest BCUT2D eigenvalue weighted by Crippen LogP contribution is -2.34. The van der Waals surface area contributed by atoms with Gasteiger partial charge in [-0.3, -0.25) is 0 Å². The van der Waals surface area contributed by atoms with Gasteiger partial charge in [0.05, 0.1) is 11.6 Å². The number of nitrogens with one attached hydrogen (secondary N) is 1. The second-order valence-electron chi connectivity index (χ2n) is 3.82. The molecule has 1 heterocycles. The van der Waals surface area contributed by atoms with Crippen molar-refractivity contribution in [1.82, 2.24) is 10.3 Å². The summed E-state index contributed by atoms with van der Waals surface area (Å²) in [5, 5.41) is 4.13. The van der Waals surface area contributed by atoms with E-state index in [0.29, 0.717) is 18.4 Å². The second kappa shape index (κ2) is 7.83. The SMILES string of the molecule is Cc1ncc(CN=C(N)NCC(C)C)s1.I. The van der Waals surface area contributed by atoms with Gasteiger partial charge in [-0.05, 0) is 12.8 Å². The van der Waals surface area contributed by atoms with Gasteiger partial charge in [-0.25, -0.2) is 9.98 Å². The number of hydrogen-bond acceptors (Lipinski definition) is 3. The highest BCUT2D eigenvalue weighted by Gasteiger charge is 1.98. The molecule has 0 atom stereocenters. The molecule has 0 fully saturated rings. The van der Waals surface area contributed by atoms with Crippen LogP contribution >= 0.6 is 35.3 Å². The average molecular weight is 354 g/mol. The first-order valence-electron chi connectivity index (χ1n) is 5.03. The van der Waals surface area contributed by atoms with Crippen molar-refractivity contribution in [3.63, 3.8) is 0 Å². The number of aromatic nitrogens is 1. The second-order valence-corrected chi connectivity index (χ2v) is 5.14. The van der Waals surface area contributed by atoms with Crippen LogP contribution in [0.25, 0.3) is 0 Å². The fraction of sp³-hybridized carbons (Fsp3) is 0.600. The van der Waals surface area contributed by atoms with Crippen LogP contribution in [0.3, 0.4) is 0 Å². The fourth-order valence-electron chi connectivity index (χ4n) is 1.01. The molecule has 4 nitrogen and oxygen atoms in total. The monoisotopic (exact) mass is 354 g/mol. The molecule has 1 aromatic rings. The number of hydrogen-bond donors (Lipinski definition) is 2. The summed E-state index contributed by atoms with van der Waals surface area (Å²) in [7, 11) is 0. The molecule has 92 valence electrons. The smallest absolute Gasteiger partial charge is 0.188 e. The van der Waals surface area contributed by atoms with Crippen LogP contribution in [0.1, 0.15) is 23.7 Å². The summed E-state index contributed by atoms with van der Waals surface area (Å²) in [4.78, 5) is 9.53. The molecule has 0 bridgehead atoms. The van der Waals surface area contributed by atoms with Crippen molar-refractivity contribution in [2.45, 2.75) is 27.3 Å². The minimum atomic E-state index is 0. The summed E-state index contributed by atoms with van der Waals surface area (Å²) in [6, 6.07) is 0. The molecule has 0 aliphatic rings. The van der Waals surface area contributed by atoms with Crippen molar-refractivity contribution in [3.05, 3.63) is 16.1 Å². The van der Waals surface area contributed by atoms with E-state index in [4.69, 9.17) is 5.73 Å². The first-order valence-corrected chi connectivity index (χ1v) is 5.84. The Morgan fingerprint density at radius 2 is 2.31 bits per heavy atom. The Balaban J connectivity index is 0.00000225. The van der Waals surface area contributed by atoms with Crippen LogP contribution in [0.4, 0.5) is 0 Å². The molecule has 0 spiro atoms. The first kappa shape index (κ1) is 15.6. The number of nitrogens with two attached hydrogens (primary N) is 1. The zero-order valence-electron chi connectivity index (χ0n) is 9.86. The molecule has 0 saturated carbocycles. The topological polar surface area (TPSA) is 63.3 Å². The third-order valence-corrected chi connectivity index (χ3v) is 2.66. The standard InChI is InChI=1S/C10H18N4S.HI/c1-7(2)4-13-10(11)14-6-9-5-12-8(3)15-9;/h5,7H,4,6H2,1-3H3,(H3,11,13,14);1H. The molecule has 1 rings (SSSR count). The number of rotatable bonds is 4. The highest BCUT2D eigenvalue weighted by Crippen LogP contribution is 2.11. The van der Waals surface area contributed by atoms with Gasteiger partial charge in [-0.1, -0.05) is 13.8 Å². The zero-order chi connectivity index (χ0) is 11.3. The van der Waals surface area contributed by atoms with Gasteiger partial charge in [0.1, 0.15) is 0 Å². The summed E-state index contributed by atoms with van der Waals surface area (Å²) >= 11 is 1.65. The van der Waals surface area contributed by atoms with Crippen molar-refractivity contribution in [2.75, 3.05) is 6.54 Å². The lowest BCUT2D eigenvalue weighted by atomic mass is 10.2. The van der Waals surface area contributed by atoms with Crippen molar-refractivity contribution in [2.24, 2.45) is 16.6 Å². The van der Waals surface area contributed by atoms with E-state index in [1.54, 1.807) is 11.3 Å². The maximum absolute atomic E-state index is 5.70.